The van der Waals surface area contributed by atoms with E-state index >= 15 is 0 Å². The van der Waals surface area contributed by atoms with Gasteiger partial charge in [-0.3, -0.25) is 9.59 Å². The predicted octanol–water partition coefficient (Wildman–Crippen LogP) is 4.79. The third-order valence-electron chi connectivity index (χ3n) is 4.65. The molecule has 0 aliphatic heterocycles. The van der Waals surface area contributed by atoms with Gasteiger partial charge < -0.3 is 15.0 Å². The highest BCUT2D eigenvalue weighted by molar-refractivity contribution is 7.99. The second kappa shape index (κ2) is 12.1. The van der Waals surface area contributed by atoms with E-state index in [0.717, 1.165) is 11.1 Å². The Morgan fingerprint density at radius 2 is 1.83 bits per heavy atom. The number of halogens is 2. The van der Waals surface area contributed by atoms with Crippen molar-refractivity contribution in [2.75, 3.05) is 19.9 Å². The number of thioether (sulfide) groups is 1. The van der Waals surface area contributed by atoms with E-state index in [1.54, 1.807) is 37.3 Å². The highest BCUT2D eigenvalue weighted by Crippen LogP contribution is 2.28. The fraction of sp³-hybridized carbons (Fsp3) is 0.364. The molecule has 0 bridgehead atoms. The van der Waals surface area contributed by atoms with Crippen molar-refractivity contribution in [3.8, 4) is 5.75 Å². The van der Waals surface area contributed by atoms with Gasteiger partial charge in [0.25, 0.3) is 0 Å². The lowest BCUT2D eigenvalue weighted by atomic mass is 10.1. The molecule has 0 heterocycles. The summed E-state index contributed by atoms with van der Waals surface area (Å²) in [4.78, 5) is 27.1. The monoisotopic (exact) mass is 468 g/mol. The molecule has 2 rings (SSSR count). The SMILES string of the molecule is CC[C@@H](C(=O)NC)N(Cc1cccc(OC)c1)C(=O)CSCc1c(Cl)cccc1Cl. The number of hydrogen-bond acceptors (Lipinski definition) is 4. The molecule has 0 aromatic heterocycles. The lowest BCUT2D eigenvalue weighted by molar-refractivity contribution is -0.139. The van der Waals surface area contributed by atoms with Crippen molar-refractivity contribution >= 4 is 46.8 Å². The van der Waals surface area contributed by atoms with Gasteiger partial charge in [-0.05, 0) is 41.8 Å². The maximum atomic E-state index is 13.1. The van der Waals surface area contributed by atoms with E-state index < -0.39 is 6.04 Å². The van der Waals surface area contributed by atoms with Gasteiger partial charge in [-0.25, -0.2) is 0 Å². The number of nitrogens with zero attached hydrogens (tertiary/aromatic N) is 1. The van der Waals surface area contributed by atoms with Gasteiger partial charge in [0.05, 0.1) is 12.9 Å². The van der Waals surface area contributed by atoms with Crippen LogP contribution in [0.3, 0.4) is 0 Å². The summed E-state index contributed by atoms with van der Waals surface area (Å²) in [5, 5.41) is 3.81. The summed E-state index contributed by atoms with van der Waals surface area (Å²) in [6, 6.07) is 12.3. The number of carbonyl (C=O) groups excluding carboxylic acids is 2. The molecule has 30 heavy (non-hydrogen) atoms. The number of carbonyl (C=O) groups is 2. The molecular formula is C22H26Cl2N2O3S. The molecule has 0 saturated carbocycles. The zero-order chi connectivity index (χ0) is 22.1. The first kappa shape index (κ1) is 24.4. The van der Waals surface area contributed by atoms with E-state index in [9.17, 15) is 9.59 Å². The molecule has 2 amide bonds. The van der Waals surface area contributed by atoms with Gasteiger partial charge in [0.15, 0.2) is 0 Å². The molecule has 0 unspecified atom stereocenters. The Morgan fingerprint density at radius 1 is 1.17 bits per heavy atom. The Hall–Kier alpha value is -1.89. The Balaban J connectivity index is 2.15. The van der Waals surface area contributed by atoms with Gasteiger partial charge in [-0.15, -0.1) is 11.8 Å². The van der Waals surface area contributed by atoms with Crippen molar-refractivity contribution in [2.45, 2.75) is 31.7 Å². The summed E-state index contributed by atoms with van der Waals surface area (Å²) in [6.45, 7) is 2.21. The molecule has 0 spiro atoms. The lowest BCUT2D eigenvalue weighted by Crippen LogP contribution is -2.48. The summed E-state index contributed by atoms with van der Waals surface area (Å²) >= 11 is 13.9. The van der Waals surface area contributed by atoms with Crippen molar-refractivity contribution in [1.29, 1.82) is 0 Å². The number of ether oxygens (including phenoxy) is 1. The second-order valence-corrected chi connectivity index (χ2v) is 8.40. The first-order valence-electron chi connectivity index (χ1n) is 9.55. The van der Waals surface area contributed by atoms with Gasteiger partial charge in [-0.1, -0.05) is 48.3 Å². The van der Waals surface area contributed by atoms with Crippen molar-refractivity contribution in [1.82, 2.24) is 10.2 Å². The molecule has 1 atom stereocenters. The Labute approximate surface area is 192 Å². The van der Waals surface area contributed by atoms with E-state index in [1.165, 1.54) is 11.8 Å². The van der Waals surface area contributed by atoms with Gasteiger partial charge in [-0.2, -0.15) is 0 Å². The smallest absolute Gasteiger partial charge is 0.242 e. The molecule has 0 saturated heterocycles. The summed E-state index contributed by atoms with van der Waals surface area (Å²) in [5.41, 5.74) is 1.69. The summed E-state index contributed by atoms with van der Waals surface area (Å²) in [6.07, 6.45) is 0.510. The Bertz CT molecular complexity index is 859. The maximum Gasteiger partial charge on any atom is 0.242 e. The third-order valence-corrected chi connectivity index (χ3v) is 6.31. The van der Waals surface area contributed by atoms with Gasteiger partial charge in [0.1, 0.15) is 11.8 Å². The number of methoxy groups -OCH3 is 1. The summed E-state index contributed by atoms with van der Waals surface area (Å²) in [5.74, 6) is 1.11. The zero-order valence-electron chi connectivity index (χ0n) is 17.3. The zero-order valence-corrected chi connectivity index (χ0v) is 19.6. The number of benzene rings is 2. The van der Waals surface area contributed by atoms with E-state index in [1.807, 2.05) is 31.2 Å². The van der Waals surface area contributed by atoms with Crippen LogP contribution in [-0.2, 0) is 21.9 Å². The predicted molar refractivity (Wildman–Crippen MR) is 124 cm³/mol. The van der Waals surface area contributed by atoms with Crippen LogP contribution in [0.4, 0.5) is 0 Å². The van der Waals surface area contributed by atoms with Crippen molar-refractivity contribution in [3.05, 3.63) is 63.6 Å². The molecule has 5 nitrogen and oxygen atoms in total. The number of hydrogen-bond donors (Lipinski definition) is 1. The van der Waals surface area contributed by atoms with Crippen LogP contribution in [0.25, 0.3) is 0 Å². The minimum absolute atomic E-state index is 0.124. The number of likely N-dealkylation sites (N-methyl/N-ethyl adjacent to an activating group) is 1. The standard InChI is InChI=1S/C22H26Cl2N2O3S/c1-4-20(22(28)25-2)26(12-15-7-5-8-16(11-15)29-3)21(27)14-30-13-17-18(23)9-6-10-19(17)24/h5-11,20H,4,12-14H2,1-3H3,(H,25,28)/t20-/m0/s1. The van der Waals surface area contributed by atoms with Crippen LogP contribution in [0.15, 0.2) is 42.5 Å². The fourth-order valence-corrected chi connectivity index (χ4v) is 4.69. The molecule has 2 aromatic rings. The maximum absolute atomic E-state index is 13.1. The van der Waals surface area contributed by atoms with Gasteiger partial charge >= 0.3 is 0 Å². The highest BCUT2D eigenvalue weighted by atomic mass is 35.5. The largest absolute Gasteiger partial charge is 0.497 e. The lowest BCUT2D eigenvalue weighted by Gasteiger charge is -2.30. The molecule has 0 radical (unpaired) electrons. The normalized spacial score (nSPS) is 11.6. The molecule has 0 aliphatic carbocycles. The fourth-order valence-electron chi connectivity index (χ4n) is 3.05. The van der Waals surface area contributed by atoms with Crippen LogP contribution in [0.1, 0.15) is 24.5 Å². The minimum Gasteiger partial charge on any atom is -0.497 e. The molecule has 0 fully saturated rings. The highest BCUT2D eigenvalue weighted by Gasteiger charge is 2.28. The molecular weight excluding hydrogens is 443 g/mol. The van der Waals surface area contributed by atoms with Gasteiger partial charge in [0, 0.05) is 29.4 Å². The van der Waals surface area contributed by atoms with Crippen molar-refractivity contribution < 1.29 is 14.3 Å². The third kappa shape index (κ3) is 6.56. The molecule has 2 aromatic carbocycles. The molecule has 162 valence electrons. The van der Waals surface area contributed by atoms with E-state index in [4.69, 9.17) is 27.9 Å². The van der Waals surface area contributed by atoms with Crippen LogP contribution >= 0.6 is 35.0 Å². The van der Waals surface area contributed by atoms with Crippen LogP contribution in [0.5, 0.6) is 5.75 Å². The van der Waals surface area contributed by atoms with E-state index in [2.05, 4.69) is 5.32 Å². The Kier molecular flexibility index (Phi) is 9.82. The second-order valence-electron chi connectivity index (χ2n) is 6.60. The van der Waals surface area contributed by atoms with Crippen LogP contribution in [0.2, 0.25) is 10.0 Å². The first-order valence-corrected chi connectivity index (χ1v) is 11.5. The van der Waals surface area contributed by atoms with Crippen LogP contribution in [-0.4, -0.2) is 42.7 Å². The van der Waals surface area contributed by atoms with Crippen molar-refractivity contribution in [3.63, 3.8) is 0 Å². The summed E-state index contributed by atoms with van der Waals surface area (Å²) in [7, 11) is 3.17. The number of nitrogens with one attached hydrogen (secondary N) is 1. The van der Waals surface area contributed by atoms with Crippen molar-refractivity contribution in [2.24, 2.45) is 0 Å². The molecule has 1 N–H and O–H groups in total. The van der Waals surface area contributed by atoms with E-state index in [0.29, 0.717) is 34.5 Å². The van der Waals surface area contributed by atoms with Crippen LogP contribution < -0.4 is 10.1 Å². The van der Waals surface area contributed by atoms with E-state index in [-0.39, 0.29) is 17.6 Å². The minimum atomic E-state index is -0.557. The topological polar surface area (TPSA) is 58.6 Å². The quantitative estimate of drug-likeness (QED) is 0.544. The number of amides is 2. The summed E-state index contributed by atoms with van der Waals surface area (Å²) < 4.78 is 5.28. The average Bonchev–Trinajstić information content (AvgIpc) is 2.75. The Morgan fingerprint density at radius 3 is 2.43 bits per heavy atom. The first-order chi connectivity index (χ1) is 14.4. The van der Waals surface area contributed by atoms with Gasteiger partial charge in [0.2, 0.25) is 11.8 Å². The number of rotatable bonds is 10. The molecule has 8 heteroatoms. The average molecular weight is 469 g/mol. The molecule has 0 aliphatic rings. The van der Waals surface area contributed by atoms with Crippen LogP contribution in [0, 0.1) is 0 Å².